The Morgan fingerprint density at radius 2 is 2.14 bits per heavy atom. The summed E-state index contributed by atoms with van der Waals surface area (Å²) in [6.45, 7) is 7.89. The summed E-state index contributed by atoms with van der Waals surface area (Å²) in [5.74, 6) is 1.65. The lowest BCUT2D eigenvalue weighted by atomic mass is 10.1. The van der Waals surface area contributed by atoms with E-state index in [1.807, 2.05) is 39.8 Å². The summed E-state index contributed by atoms with van der Waals surface area (Å²) in [4.78, 5) is 11.6. The molecule has 2 rings (SSSR count). The molecule has 1 aliphatic heterocycles. The molecule has 1 aromatic carbocycles. The molecule has 0 fully saturated rings. The molecule has 1 aromatic rings. The average molecular weight is 308 g/mol. The van der Waals surface area contributed by atoms with Crippen molar-refractivity contribution in [2.45, 2.75) is 52.4 Å². The van der Waals surface area contributed by atoms with Crippen molar-refractivity contribution >= 4 is 6.09 Å². The van der Waals surface area contributed by atoms with Gasteiger partial charge in [0.15, 0.2) is 0 Å². The van der Waals surface area contributed by atoms with Gasteiger partial charge in [0.2, 0.25) is 0 Å². The zero-order chi connectivity index (χ0) is 16.3. The molecule has 0 saturated carbocycles. The maximum absolute atomic E-state index is 11.6. The second kappa shape index (κ2) is 6.44. The van der Waals surface area contributed by atoms with Gasteiger partial charge in [-0.25, -0.2) is 10.2 Å². The van der Waals surface area contributed by atoms with E-state index in [4.69, 9.17) is 14.2 Å². The number of methoxy groups -OCH3 is 1. The summed E-state index contributed by atoms with van der Waals surface area (Å²) in [6, 6.07) is 3.94. The quantitative estimate of drug-likeness (QED) is 0.837. The highest BCUT2D eigenvalue weighted by Gasteiger charge is 2.22. The van der Waals surface area contributed by atoms with Crippen molar-refractivity contribution in [1.29, 1.82) is 0 Å². The van der Waals surface area contributed by atoms with Crippen LogP contribution in [0.2, 0.25) is 0 Å². The van der Waals surface area contributed by atoms with Gasteiger partial charge in [-0.1, -0.05) is 0 Å². The minimum absolute atomic E-state index is 0.183. The number of fused-ring (bicyclic) bond motifs is 1. The van der Waals surface area contributed by atoms with E-state index in [9.17, 15) is 4.79 Å². The first-order valence-corrected chi connectivity index (χ1v) is 7.37. The Morgan fingerprint density at radius 3 is 2.77 bits per heavy atom. The van der Waals surface area contributed by atoms with E-state index in [2.05, 4.69) is 10.9 Å². The fraction of sp³-hybridized carbons (Fsp3) is 0.562. The maximum Gasteiger partial charge on any atom is 0.422 e. The molecule has 1 unspecified atom stereocenters. The lowest BCUT2D eigenvalue weighted by Gasteiger charge is -2.20. The molecular formula is C16H24N2O4. The van der Waals surface area contributed by atoms with E-state index in [-0.39, 0.29) is 6.10 Å². The number of nitrogens with one attached hydrogen (secondary N) is 2. The minimum Gasteiger partial charge on any atom is -0.496 e. The predicted octanol–water partition coefficient (Wildman–Crippen LogP) is 2.55. The molecule has 1 atom stereocenters. The van der Waals surface area contributed by atoms with Crippen molar-refractivity contribution < 1.29 is 19.0 Å². The Labute approximate surface area is 131 Å². The molecule has 6 heteroatoms. The van der Waals surface area contributed by atoms with E-state index in [1.165, 1.54) is 0 Å². The van der Waals surface area contributed by atoms with E-state index >= 15 is 0 Å². The van der Waals surface area contributed by atoms with Crippen molar-refractivity contribution in [3.8, 4) is 11.5 Å². The minimum atomic E-state index is -0.527. The topological polar surface area (TPSA) is 68.8 Å². The first-order valence-electron chi connectivity index (χ1n) is 7.37. The van der Waals surface area contributed by atoms with Crippen LogP contribution in [0.25, 0.3) is 0 Å². The summed E-state index contributed by atoms with van der Waals surface area (Å²) in [7, 11) is 1.63. The summed E-state index contributed by atoms with van der Waals surface area (Å²) in [5, 5.41) is 0. The van der Waals surface area contributed by atoms with Gasteiger partial charge in [0, 0.05) is 24.1 Å². The van der Waals surface area contributed by atoms with Gasteiger partial charge in [0.05, 0.1) is 7.11 Å². The number of hydrogen-bond donors (Lipinski definition) is 2. The molecule has 0 aromatic heterocycles. The first-order chi connectivity index (χ1) is 10.3. The normalized spacial score (nSPS) is 16.7. The molecule has 6 nitrogen and oxygen atoms in total. The van der Waals surface area contributed by atoms with Crippen molar-refractivity contribution in [2.24, 2.45) is 0 Å². The van der Waals surface area contributed by atoms with Gasteiger partial charge >= 0.3 is 6.09 Å². The molecule has 122 valence electrons. The van der Waals surface area contributed by atoms with Crippen LogP contribution in [0.1, 0.15) is 38.8 Å². The smallest absolute Gasteiger partial charge is 0.422 e. The summed E-state index contributed by atoms with van der Waals surface area (Å²) in [6.07, 6.45) is 0.551. The molecule has 0 bridgehead atoms. The second-order valence-corrected chi connectivity index (χ2v) is 6.38. The number of carbonyl (C=O) groups is 1. The largest absolute Gasteiger partial charge is 0.496 e. The van der Waals surface area contributed by atoms with E-state index in [1.54, 1.807) is 7.11 Å². The van der Waals surface area contributed by atoms with Crippen LogP contribution in [0.5, 0.6) is 11.5 Å². The molecule has 0 radical (unpaired) electrons. The van der Waals surface area contributed by atoms with Gasteiger partial charge in [-0.15, -0.1) is 0 Å². The zero-order valence-corrected chi connectivity index (χ0v) is 13.8. The highest BCUT2D eigenvalue weighted by molar-refractivity contribution is 5.67. The molecule has 1 heterocycles. The van der Waals surface area contributed by atoms with Crippen LogP contribution < -0.4 is 20.3 Å². The van der Waals surface area contributed by atoms with Crippen LogP contribution in [-0.4, -0.2) is 24.9 Å². The monoisotopic (exact) mass is 308 g/mol. The van der Waals surface area contributed by atoms with E-state index in [0.717, 1.165) is 29.0 Å². The average Bonchev–Trinajstić information content (AvgIpc) is 2.74. The number of hydrazine groups is 1. The molecule has 1 amide bonds. The molecule has 1 aliphatic rings. The number of benzene rings is 1. The number of ether oxygens (including phenoxy) is 3. The Balaban J connectivity index is 1.96. The predicted molar refractivity (Wildman–Crippen MR) is 83.0 cm³/mol. The highest BCUT2D eigenvalue weighted by Crippen LogP contribution is 2.34. The van der Waals surface area contributed by atoms with Crippen LogP contribution in [0.4, 0.5) is 4.79 Å². The van der Waals surface area contributed by atoms with Gasteiger partial charge in [-0.3, -0.25) is 5.43 Å². The highest BCUT2D eigenvalue weighted by atomic mass is 16.6. The van der Waals surface area contributed by atoms with Crippen LogP contribution in [0.3, 0.4) is 0 Å². The Hall–Kier alpha value is -1.95. The molecule has 0 spiro atoms. The third-order valence-electron chi connectivity index (χ3n) is 3.17. The summed E-state index contributed by atoms with van der Waals surface area (Å²) < 4.78 is 16.3. The molecule has 22 heavy (non-hydrogen) atoms. The van der Waals surface area contributed by atoms with Crippen molar-refractivity contribution in [3.05, 3.63) is 23.3 Å². The number of carbonyl (C=O) groups excluding carboxylic acids is 1. The lowest BCUT2D eigenvalue weighted by Crippen LogP contribution is -2.40. The lowest BCUT2D eigenvalue weighted by molar-refractivity contribution is 0.0497. The van der Waals surface area contributed by atoms with Crippen molar-refractivity contribution in [1.82, 2.24) is 10.9 Å². The standard InChI is InChI=1S/C16H24N2O4/c1-10-6-11-7-13(20-5)12(8-14(11)21-10)9-17-18-15(19)22-16(2,3)4/h7-8,10,17H,6,9H2,1-5H3,(H,18,19). The Bertz CT molecular complexity index is 552. The van der Waals surface area contributed by atoms with Gasteiger partial charge in [0.1, 0.15) is 23.2 Å². The third-order valence-corrected chi connectivity index (χ3v) is 3.17. The van der Waals surface area contributed by atoms with Gasteiger partial charge in [-0.2, -0.15) is 0 Å². The number of rotatable bonds is 4. The summed E-state index contributed by atoms with van der Waals surface area (Å²) in [5.41, 5.74) is 6.88. The number of hydrogen-bond acceptors (Lipinski definition) is 5. The number of amides is 1. The Kier molecular flexibility index (Phi) is 4.81. The fourth-order valence-electron chi connectivity index (χ4n) is 2.32. The first kappa shape index (κ1) is 16.4. The van der Waals surface area contributed by atoms with Crippen LogP contribution in [-0.2, 0) is 17.7 Å². The van der Waals surface area contributed by atoms with Gasteiger partial charge < -0.3 is 14.2 Å². The van der Waals surface area contributed by atoms with Crippen molar-refractivity contribution in [2.75, 3.05) is 7.11 Å². The Morgan fingerprint density at radius 1 is 1.41 bits per heavy atom. The van der Waals surface area contributed by atoms with Gasteiger partial charge in [0.25, 0.3) is 0 Å². The SMILES string of the molecule is COc1cc2c(cc1CNNC(=O)OC(C)(C)C)OC(C)C2. The maximum atomic E-state index is 11.6. The van der Waals surface area contributed by atoms with Crippen molar-refractivity contribution in [3.63, 3.8) is 0 Å². The fourth-order valence-corrected chi connectivity index (χ4v) is 2.32. The van der Waals surface area contributed by atoms with Gasteiger partial charge in [-0.05, 0) is 39.8 Å². The second-order valence-electron chi connectivity index (χ2n) is 6.38. The van der Waals surface area contributed by atoms with Crippen LogP contribution in [0.15, 0.2) is 12.1 Å². The zero-order valence-electron chi connectivity index (χ0n) is 13.8. The van der Waals surface area contributed by atoms with Crippen LogP contribution in [0, 0.1) is 0 Å². The molecule has 0 saturated heterocycles. The molecular weight excluding hydrogens is 284 g/mol. The third kappa shape index (κ3) is 4.27. The molecule has 2 N–H and O–H groups in total. The van der Waals surface area contributed by atoms with E-state index in [0.29, 0.717) is 6.54 Å². The molecule has 0 aliphatic carbocycles. The summed E-state index contributed by atoms with van der Waals surface area (Å²) >= 11 is 0. The van der Waals surface area contributed by atoms with Crippen LogP contribution >= 0.6 is 0 Å². The van der Waals surface area contributed by atoms with E-state index < -0.39 is 11.7 Å².